The average Bonchev–Trinajstić information content (AvgIpc) is 3.09. The molecule has 0 amide bonds. The summed E-state index contributed by atoms with van der Waals surface area (Å²) in [5.74, 6) is -0.180. The smallest absolute Gasteiger partial charge is 0.296 e. The molecule has 3 aromatic rings. The number of hydrogen-bond donors (Lipinski definition) is 5. The van der Waals surface area contributed by atoms with Gasteiger partial charge in [0.25, 0.3) is 10.1 Å². The normalized spacial score (nSPS) is 18.7. The molecule has 0 bridgehead atoms. The lowest BCUT2D eigenvalue weighted by Crippen LogP contribution is -2.25. The van der Waals surface area contributed by atoms with Gasteiger partial charge in [-0.1, -0.05) is 59.5 Å². The zero-order valence-electron chi connectivity index (χ0n) is 18.1. The highest BCUT2D eigenvalue weighted by molar-refractivity contribution is 8.24. The average molecular weight is 507 g/mol. The Morgan fingerprint density at radius 1 is 1.00 bits per heavy atom. The number of anilines is 1. The fraction of sp³-hybridized carbons (Fsp3) is 0.217. The summed E-state index contributed by atoms with van der Waals surface area (Å²) in [6.45, 7) is -0.124. The van der Waals surface area contributed by atoms with E-state index in [1.165, 1.54) is 24.3 Å². The van der Waals surface area contributed by atoms with Gasteiger partial charge in [-0.15, -0.1) is 0 Å². The highest BCUT2D eigenvalue weighted by Gasteiger charge is 2.36. The third-order valence-electron chi connectivity index (χ3n) is 5.35. The Balaban J connectivity index is 1.32. The molecule has 1 aliphatic heterocycles. The molecular weight excluding hydrogens is 480 g/mol. The molecule has 1 fully saturated rings. The second-order valence-corrected chi connectivity index (χ2v) is 11.1. The zero-order valence-corrected chi connectivity index (χ0v) is 19.7. The van der Waals surface area contributed by atoms with Crippen LogP contribution in [0, 0.1) is 0 Å². The fourth-order valence-corrected chi connectivity index (χ4v) is 5.96. The molecule has 3 aromatic carbocycles. The number of rotatable bonds is 8. The molecule has 0 aromatic heterocycles. The van der Waals surface area contributed by atoms with Crippen molar-refractivity contribution in [3.63, 3.8) is 0 Å². The number of β-amino-alcohol motifs (C(OH)–C–C–N with tert-alkyl or cyclic N) is 1. The van der Waals surface area contributed by atoms with Crippen molar-refractivity contribution in [2.24, 2.45) is 0 Å². The Kier molecular flexibility index (Phi) is 7.14. The topological polar surface area (TPSA) is 140 Å². The van der Waals surface area contributed by atoms with E-state index in [9.17, 15) is 27.7 Å². The highest BCUT2D eigenvalue weighted by Crippen LogP contribution is 2.49. The van der Waals surface area contributed by atoms with Crippen molar-refractivity contribution in [2.45, 2.75) is 24.0 Å². The molecule has 0 aliphatic carbocycles. The second kappa shape index (κ2) is 9.92. The molecule has 1 atom stereocenters. The van der Waals surface area contributed by atoms with Crippen molar-refractivity contribution in [1.29, 1.82) is 0 Å². The van der Waals surface area contributed by atoms with Gasteiger partial charge in [0.15, 0.2) is 0 Å². The predicted molar refractivity (Wildman–Crippen MR) is 131 cm³/mol. The van der Waals surface area contributed by atoms with Gasteiger partial charge in [0, 0.05) is 0 Å². The minimum atomic E-state index is -3.90. The van der Waals surface area contributed by atoms with E-state index in [1.807, 2.05) is 30.3 Å². The Morgan fingerprint density at radius 2 is 1.68 bits per heavy atom. The summed E-state index contributed by atoms with van der Waals surface area (Å²) in [7, 11) is -7.32. The summed E-state index contributed by atoms with van der Waals surface area (Å²) in [4.78, 5) is 0.0783. The van der Waals surface area contributed by atoms with Crippen molar-refractivity contribution < 1.29 is 31.9 Å². The second-order valence-electron chi connectivity index (χ2n) is 7.81. The van der Waals surface area contributed by atoms with Crippen molar-refractivity contribution in [3.8, 4) is 16.9 Å². The minimum absolute atomic E-state index is 0.0337. The Bertz CT molecular complexity index is 1240. The maximum absolute atomic E-state index is 12.5. The quantitative estimate of drug-likeness (QED) is 0.228. The predicted octanol–water partition coefficient (Wildman–Crippen LogP) is 3.71. The summed E-state index contributed by atoms with van der Waals surface area (Å²) in [5, 5.41) is 19.9. The van der Waals surface area contributed by atoms with E-state index in [4.69, 9.17) is 4.18 Å². The molecule has 1 saturated heterocycles. The summed E-state index contributed by atoms with van der Waals surface area (Å²) in [5.41, 5.74) is 2.79. The Labute approximate surface area is 200 Å². The summed E-state index contributed by atoms with van der Waals surface area (Å²) in [6, 6.07) is 20.8. The van der Waals surface area contributed by atoms with Crippen LogP contribution in [0.1, 0.15) is 12.0 Å². The van der Waals surface area contributed by atoms with Crippen LogP contribution in [-0.4, -0.2) is 47.1 Å². The van der Waals surface area contributed by atoms with Gasteiger partial charge < -0.3 is 10.2 Å². The largest absolute Gasteiger partial charge is 0.506 e. The molecule has 4 rings (SSSR count). The molecule has 9 nitrogen and oxygen atoms in total. The zero-order chi connectivity index (χ0) is 24.3. The van der Waals surface area contributed by atoms with Crippen molar-refractivity contribution >= 4 is 26.8 Å². The lowest BCUT2D eigenvalue weighted by molar-refractivity contribution is 0.182. The van der Waals surface area contributed by atoms with Gasteiger partial charge in [0.2, 0.25) is 0 Å². The number of aromatic hydroxyl groups is 1. The molecule has 11 heteroatoms. The van der Waals surface area contributed by atoms with Gasteiger partial charge in [0.05, 0.1) is 18.0 Å². The van der Waals surface area contributed by atoms with E-state index in [2.05, 4.69) is 4.72 Å². The summed E-state index contributed by atoms with van der Waals surface area (Å²) < 4.78 is 53.5. The number of nitrogens with zero attached hydrogens (tertiary/aromatic N) is 1. The van der Waals surface area contributed by atoms with E-state index < -0.39 is 27.3 Å². The van der Waals surface area contributed by atoms with Crippen LogP contribution in [-0.2, 0) is 20.7 Å². The SMILES string of the molecule is O=S(=O)(OCCCc1ccc(N2CC(O)NS2(O)O)c(O)c1)c1ccc(-c2ccccc2)cc1. The number of phenolic OH excluding ortho intramolecular Hbond substituents is 1. The summed E-state index contributed by atoms with van der Waals surface area (Å²) >= 11 is 0. The first kappa shape index (κ1) is 24.5. The third kappa shape index (κ3) is 5.53. The number of nitrogens with one attached hydrogen (secondary N) is 1. The first-order chi connectivity index (χ1) is 16.2. The van der Waals surface area contributed by atoms with Gasteiger partial charge in [-0.25, -0.2) is 0 Å². The number of benzene rings is 3. The molecule has 1 aliphatic rings. The van der Waals surface area contributed by atoms with E-state index in [1.54, 1.807) is 18.2 Å². The third-order valence-corrected chi connectivity index (χ3v) is 8.22. The summed E-state index contributed by atoms with van der Waals surface area (Å²) in [6.07, 6.45) is -0.301. The van der Waals surface area contributed by atoms with Crippen molar-refractivity contribution in [2.75, 3.05) is 17.5 Å². The molecule has 0 saturated carbocycles. The van der Waals surface area contributed by atoms with Crippen LogP contribution < -0.4 is 9.03 Å². The molecule has 34 heavy (non-hydrogen) atoms. The Hall–Kier alpha value is -2.64. The highest BCUT2D eigenvalue weighted by atomic mass is 32.3. The van der Waals surface area contributed by atoms with E-state index in [0.29, 0.717) is 12.8 Å². The molecule has 182 valence electrons. The molecular formula is C23H26N2O7S2. The lowest BCUT2D eigenvalue weighted by atomic mass is 10.1. The number of aryl methyl sites for hydroxylation is 1. The molecule has 5 N–H and O–H groups in total. The van der Waals surface area contributed by atoms with Gasteiger partial charge in [-0.3, -0.25) is 17.6 Å². The minimum Gasteiger partial charge on any atom is -0.506 e. The van der Waals surface area contributed by atoms with Crippen molar-refractivity contribution in [3.05, 3.63) is 78.4 Å². The van der Waals surface area contributed by atoms with E-state index in [-0.39, 0.29) is 29.5 Å². The van der Waals surface area contributed by atoms with Gasteiger partial charge >= 0.3 is 0 Å². The fourth-order valence-electron chi connectivity index (χ4n) is 3.67. The van der Waals surface area contributed by atoms with Gasteiger partial charge in [-0.05, 0) is 53.8 Å². The van der Waals surface area contributed by atoms with E-state index >= 15 is 0 Å². The molecule has 1 heterocycles. The van der Waals surface area contributed by atoms with Crippen LogP contribution in [0.25, 0.3) is 11.1 Å². The van der Waals surface area contributed by atoms with Crippen LogP contribution in [0.4, 0.5) is 5.69 Å². The van der Waals surface area contributed by atoms with Crippen LogP contribution in [0.3, 0.4) is 0 Å². The van der Waals surface area contributed by atoms with Crippen LogP contribution >= 0.6 is 11.0 Å². The maximum atomic E-state index is 12.5. The monoisotopic (exact) mass is 506 g/mol. The maximum Gasteiger partial charge on any atom is 0.296 e. The first-order valence-electron chi connectivity index (χ1n) is 10.5. The molecule has 0 radical (unpaired) electrons. The standard InChI is InChI=1S/C23H26N2O7S2/c26-22-15-17(8-13-21(22)25-16-23(27)24-34(25,30)31)5-4-14-32-33(28,29)20-11-9-19(10-12-20)18-6-2-1-3-7-18/h1-3,6-13,15,23-24,26-27,30-31H,4-5,14,16H2. The molecule has 1 unspecified atom stereocenters. The van der Waals surface area contributed by atoms with Gasteiger partial charge in [0.1, 0.15) is 17.7 Å². The van der Waals surface area contributed by atoms with Gasteiger partial charge in [-0.2, -0.15) is 13.1 Å². The number of phenols is 1. The first-order valence-corrected chi connectivity index (χ1v) is 13.4. The number of hydrogen-bond acceptors (Lipinski definition) is 9. The van der Waals surface area contributed by atoms with E-state index in [0.717, 1.165) is 21.0 Å². The van der Waals surface area contributed by atoms with Crippen LogP contribution in [0.5, 0.6) is 5.75 Å². The van der Waals surface area contributed by atoms with Crippen LogP contribution in [0.15, 0.2) is 77.7 Å². The Morgan fingerprint density at radius 3 is 2.29 bits per heavy atom. The van der Waals surface area contributed by atoms with Crippen molar-refractivity contribution in [1.82, 2.24) is 4.72 Å². The van der Waals surface area contributed by atoms with Crippen LogP contribution in [0.2, 0.25) is 0 Å². The number of aliphatic hydroxyl groups excluding tert-OH is 1. The lowest BCUT2D eigenvalue weighted by Gasteiger charge is -2.36. The number of aliphatic hydroxyl groups is 1. The molecule has 0 spiro atoms.